The second kappa shape index (κ2) is 6.05. The van der Waals surface area contributed by atoms with Gasteiger partial charge in [-0.2, -0.15) is 0 Å². The minimum atomic E-state index is 0.319. The third-order valence-corrected chi connectivity index (χ3v) is 5.02. The van der Waals surface area contributed by atoms with E-state index in [4.69, 9.17) is 16.3 Å². The van der Waals surface area contributed by atoms with Crippen LogP contribution in [0.15, 0.2) is 18.2 Å². The average molecular weight is 294 g/mol. The van der Waals surface area contributed by atoms with Crippen molar-refractivity contribution < 1.29 is 4.74 Å². The van der Waals surface area contributed by atoms with E-state index in [0.717, 1.165) is 50.1 Å². The topological polar surface area (TPSA) is 21.3 Å². The summed E-state index contributed by atoms with van der Waals surface area (Å²) in [5.41, 5.74) is 2.84. The molecule has 20 heavy (non-hydrogen) atoms. The minimum absolute atomic E-state index is 0.319. The maximum atomic E-state index is 6.43. The van der Waals surface area contributed by atoms with Gasteiger partial charge in [-0.3, -0.25) is 0 Å². The van der Waals surface area contributed by atoms with Crippen molar-refractivity contribution in [1.82, 2.24) is 5.32 Å². The van der Waals surface area contributed by atoms with Crippen LogP contribution in [0.2, 0.25) is 5.02 Å². The van der Waals surface area contributed by atoms with Gasteiger partial charge in [0.15, 0.2) is 0 Å². The van der Waals surface area contributed by atoms with Crippen molar-refractivity contribution in [2.24, 2.45) is 5.41 Å². The molecule has 0 amide bonds. The van der Waals surface area contributed by atoms with Crippen molar-refractivity contribution >= 4 is 11.6 Å². The highest BCUT2D eigenvalue weighted by Crippen LogP contribution is 2.36. The van der Waals surface area contributed by atoms with Gasteiger partial charge in [-0.1, -0.05) is 23.7 Å². The Kier molecular flexibility index (Phi) is 4.34. The summed E-state index contributed by atoms with van der Waals surface area (Å²) in [4.78, 5) is 0. The van der Waals surface area contributed by atoms with Crippen LogP contribution >= 0.6 is 11.6 Å². The van der Waals surface area contributed by atoms with E-state index in [-0.39, 0.29) is 0 Å². The summed E-state index contributed by atoms with van der Waals surface area (Å²) >= 11 is 6.43. The molecule has 3 heteroatoms. The quantitative estimate of drug-likeness (QED) is 0.893. The zero-order valence-electron chi connectivity index (χ0n) is 12.3. The highest BCUT2D eigenvalue weighted by Gasteiger charge is 2.35. The van der Waals surface area contributed by atoms with Crippen LogP contribution in [0.4, 0.5) is 0 Å². The molecule has 110 valence electrons. The fraction of sp³-hybridized carbons (Fsp3) is 0.647. The summed E-state index contributed by atoms with van der Waals surface area (Å²) in [6.07, 6.45) is 6.03. The van der Waals surface area contributed by atoms with E-state index in [9.17, 15) is 0 Å². The van der Waals surface area contributed by atoms with Crippen LogP contribution in [-0.2, 0) is 11.2 Å². The molecule has 1 aliphatic carbocycles. The van der Waals surface area contributed by atoms with Gasteiger partial charge in [-0.25, -0.2) is 0 Å². The van der Waals surface area contributed by atoms with Gasteiger partial charge in [0.2, 0.25) is 0 Å². The Morgan fingerprint density at radius 3 is 2.70 bits per heavy atom. The lowest BCUT2D eigenvalue weighted by atomic mass is 9.75. The second-order valence-corrected chi connectivity index (χ2v) is 6.95. The van der Waals surface area contributed by atoms with Gasteiger partial charge in [-0.15, -0.1) is 0 Å². The first-order valence-electron chi connectivity index (χ1n) is 7.73. The second-order valence-electron chi connectivity index (χ2n) is 6.54. The third-order valence-electron chi connectivity index (χ3n) is 4.67. The maximum absolute atomic E-state index is 6.43. The zero-order valence-corrected chi connectivity index (χ0v) is 13.0. The molecule has 2 fully saturated rings. The molecule has 0 spiro atoms. The molecule has 0 radical (unpaired) electrons. The Hall–Kier alpha value is -0.570. The van der Waals surface area contributed by atoms with Crippen LogP contribution in [-0.4, -0.2) is 25.8 Å². The number of aryl methyl sites for hydroxylation is 1. The Bertz CT molecular complexity index is 464. The van der Waals surface area contributed by atoms with Crippen molar-refractivity contribution in [2.75, 3.05) is 19.8 Å². The first kappa shape index (κ1) is 14.4. The van der Waals surface area contributed by atoms with Crippen LogP contribution in [0.3, 0.4) is 0 Å². The van der Waals surface area contributed by atoms with Gasteiger partial charge in [0, 0.05) is 30.8 Å². The number of hydrogen-bond donors (Lipinski definition) is 1. The van der Waals surface area contributed by atoms with Gasteiger partial charge >= 0.3 is 0 Å². The maximum Gasteiger partial charge on any atom is 0.0471 e. The van der Waals surface area contributed by atoms with E-state index in [0.29, 0.717) is 5.41 Å². The van der Waals surface area contributed by atoms with E-state index in [1.54, 1.807) is 0 Å². The van der Waals surface area contributed by atoms with Crippen molar-refractivity contribution in [3.05, 3.63) is 34.3 Å². The molecule has 2 nitrogen and oxygen atoms in total. The van der Waals surface area contributed by atoms with E-state index in [1.165, 1.54) is 24.0 Å². The number of benzene rings is 1. The van der Waals surface area contributed by atoms with Crippen LogP contribution in [0.25, 0.3) is 0 Å². The molecule has 0 atom stereocenters. The molecule has 1 heterocycles. The van der Waals surface area contributed by atoms with Crippen molar-refractivity contribution in [3.8, 4) is 0 Å². The Labute approximate surface area is 126 Å². The van der Waals surface area contributed by atoms with E-state index < -0.39 is 0 Å². The summed E-state index contributed by atoms with van der Waals surface area (Å²) in [5.74, 6) is 0. The van der Waals surface area contributed by atoms with Crippen molar-refractivity contribution in [2.45, 2.75) is 45.1 Å². The Morgan fingerprint density at radius 2 is 2.05 bits per heavy atom. The van der Waals surface area contributed by atoms with Crippen LogP contribution < -0.4 is 5.32 Å². The van der Waals surface area contributed by atoms with E-state index in [2.05, 4.69) is 30.4 Å². The predicted molar refractivity (Wildman–Crippen MR) is 83.4 cm³/mol. The molecule has 1 aromatic rings. The molecule has 1 aromatic carbocycles. The molecule has 3 rings (SSSR count). The lowest BCUT2D eigenvalue weighted by Crippen LogP contribution is -2.41. The third kappa shape index (κ3) is 3.55. The monoisotopic (exact) mass is 293 g/mol. The summed E-state index contributed by atoms with van der Waals surface area (Å²) in [7, 11) is 0. The highest BCUT2D eigenvalue weighted by atomic mass is 35.5. The molecular weight excluding hydrogens is 270 g/mol. The molecule has 1 N–H and O–H groups in total. The number of nitrogens with one attached hydrogen (secondary N) is 1. The molecule has 0 bridgehead atoms. The number of halogens is 1. The van der Waals surface area contributed by atoms with Crippen molar-refractivity contribution in [3.63, 3.8) is 0 Å². The number of ether oxygens (including phenoxy) is 1. The first-order chi connectivity index (χ1) is 9.67. The molecule has 1 saturated heterocycles. The van der Waals surface area contributed by atoms with E-state index >= 15 is 0 Å². The smallest absolute Gasteiger partial charge is 0.0471 e. The summed E-state index contributed by atoms with van der Waals surface area (Å²) in [6, 6.07) is 7.22. The molecule has 1 saturated carbocycles. The SMILES string of the molecule is Cc1ccc(CC2(CNC3CC3)CCOCC2)c(Cl)c1. The standard InChI is InChI=1S/C17H24ClNO/c1-13-2-3-14(16(18)10-13)11-17(6-8-20-9-7-17)12-19-15-4-5-15/h2-3,10,15,19H,4-9,11-12H2,1H3. The van der Waals surface area contributed by atoms with Crippen LogP contribution in [0, 0.1) is 12.3 Å². The van der Waals surface area contributed by atoms with Gasteiger partial charge in [0.25, 0.3) is 0 Å². The number of hydrogen-bond acceptors (Lipinski definition) is 2. The molecule has 1 aliphatic heterocycles. The first-order valence-corrected chi connectivity index (χ1v) is 8.11. The van der Waals surface area contributed by atoms with Crippen LogP contribution in [0.1, 0.15) is 36.8 Å². The molecule has 0 unspecified atom stereocenters. The lowest BCUT2D eigenvalue weighted by molar-refractivity contribution is 0.0147. The minimum Gasteiger partial charge on any atom is -0.381 e. The van der Waals surface area contributed by atoms with Gasteiger partial charge in [-0.05, 0) is 61.6 Å². The van der Waals surface area contributed by atoms with Crippen LogP contribution in [0.5, 0.6) is 0 Å². The Balaban J connectivity index is 1.73. The highest BCUT2D eigenvalue weighted by molar-refractivity contribution is 6.31. The van der Waals surface area contributed by atoms with E-state index in [1.807, 2.05) is 0 Å². The predicted octanol–water partition coefficient (Wildman–Crippen LogP) is 3.74. The lowest BCUT2D eigenvalue weighted by Gasteiger charge is -2.38. The molecule has 2 aliphatic rings. The fourth-order valence-corrected chi connectivity index (χ4v) is 3.37. The van der Waals surface area contributed by atoms with Gasteiger partial charge < -0.3 is 10.1 Å². The van der Waals surface area contributed by atoms with Gasteiger partial charge in [0.1, 0.15) is 0 Å². The summed E-state index contributed by atoms with van der Waals surface area (Å²) < 4.78 is 5.57. The molecular formula is C17H24ClNO. The normalized spacial score (nSPS) is 21.9. The average Bonchev–Trinajstić information content (AvgIpc) is 3.25. The molecule has 0 aromatic heterocycles. The summed E-state index contributed by atoms with van der Waals surface area (Å²) in [6.45, 7) is 4.96. The summed E-state index contributed by atoms with van der Waals surface area (Å²) in [5, 5.41) is 4.64. The van der Waals surface area contributed by atoms with Crippen molar-refractivity contribution in [1.29, 1.82) is 0 Å². The zero-order chi connectivity index (χ0) is 14.0. The number of rotatable bonds is 5. The fourth-order valence-electron chi connectivity index (χ4n) is 3.07. The Morgan fingerprint density at radius 1 is 1.30 bits per heavy atom. The largest absolute Gasteiger partial charge is 0.381 e. The van der Waals surface area contributed by atoms with Gasteiger partial charge in [0.05, 0.1) is 0 Å².